The Bertz CT molecular complexity index is 1230. The topological polar surface area (TPSA) is 51.5 Å². The van der Waals surface area contributed by atoms with Crippen LogP contribution >= 0.6 is 0 Å². The lowest BCUT2D eigenvalue weighted by molar-refractivity contribution is -0.117. The first-order chi connectivity index (χ1) is 16.3. The van der Waals surface area contributed by atoms with Crippen LogP contribution in [0.15, 0.2) is 41.0 Å². The van der Waals surface area contributed by atoms with Crippen molar-refractivity contribution in [2.75, 3.05) is 6.61 Å². The molecule has 1 N–H and O–H groups in total. The van der Waals surface area contributed by atoms with Crippen LogP contribution < -0.4 is 10.1 Å². The van der Waals surface area contributed by atoms with Crippen LogP contribution in [0.2, 0.25) is 0 Å². The number of furan rings is 1. The number of fused-ring (bicyclic) bond motifs is 1. The summed E-state index contributed by atoms with van der Waals surface area (Å²) in [6, 6.07) is 8.85. The molecule has 2 aromatic carbocycles. The highest BCUT2D eigenvalue weighted by atomic mass is 16.5. The Kier molecular flexibility index (Phi) is 7.16. The van der Waals surface area contributed by atoms with Crippen LogP contribution in [0.3, 0.4) is 0 Å². The highest BCUT2D eigenvalue weighted by Gasteiger charge is 2.23. The number of carbonyl (C=O) groups excluding carboxylic acids is 1. The van der Waals surface area contributed by atoms with E-state index < -0.39 is 0 Å². The van der Waals surface area contributed by atoms with Crippen molar-refractivity contribution in [2.24, 2.45) is 5.92 Å². The van der Waals surface area contributed by atoms with E-state index in [0.717, 1.165) is 51.0 Å². The van der Waals surface area contributed by atoms with Crippen molar-refractivity contribution in [2.45, 2.75) is 73.3 Å². The van der Waals surface area contributed by atoms with E-state index in [2.05, 4.69) is 50.4 Å². The summed E-state index contributed by atoms with van der Waals surface area (Å²) in [5.74, 6) is 1.28. The van der Waals surface area contributed by atoms with Crippen molar-refractivity contribution in [3.05, 3.63) is 58.9 Å². The molecule has 1 aliphatic carbocycles. The number of hydrogen-bond acceptors (Lipinski definition) is 3. The first-order valence-electron chi connectivity index (χ1n) is 12.5. The summed E-state index contributed by atoms with van der Waals surface area (Å²) in [6.45, 7) is 13.0. The van der Waals surface area contributed by atoms with E-state index in [9.17, 15) is 4.79 Å². The normalized spacial score (nSPS) is 18.8. The minimum Gasteiger partial charge on any atom is -0.493 e. The summed E-state index contributed by atoms with van der Waals surface area (Å²) < 4.78 is 12.1. The minimum atomic E-state index is -0.0294. The highest BCUT2D eigenvalue weighted by Crippen LogP contribution is 2.41. The Morgan fingerprint density at radius 2 is 1.91 bits per heavy atom. The van der Waals surface area contributed by atoms with Crippen molar-refractivity contribution < 1.29 is 13.9 Å². The predicted molar refractivity (Wildman–Crippen MR) is 140 cm³/mol. The third-order valence-electron chi connectivity index (χ3n) is 7.22. The lowest BCUT2D eigenvalue weighted by Gasteiger charge is -2.29. The molecule has 2 atom stereocenters. The van der Waals surface area contributed by atoms with Gasteiger partial charge < -0.3 is 14.5 Å². The summed E-state index contributed by atoms with van der Waals surface area (Å²) in [7, 11) is 0. The summed E-state index contributed by atoms with van der Waals surface area (Å²) >= 11 is 0. The molecule has 0 radical (unpaired) electrons. The first-order valence-corrected chi connectivity index (χ1v) is 12.5. The number of nitrogens with one attached hydrogen (secondary N) is 1. The molecular formula is C30H37NO3. The smallest absolute Gasteiger partial charge is 0.244 e. The van der Waals surface area contributed by atoms with Gasteiger partial charge in [-0.05, 0) is 76.1 Å². The number of ether oxygens (including phenoxy) is 1. The zero-order valence-corrected chi connectivity index (χ0v) is 21.4. The van der Waals surface area contributed by atoms with Gasteiger partial charge in [-0.25, -0.2) is 0 Å². The van der Waals surface area contributed by atoms with Crippen molar-refractivity contribution in [1.29, 1.82) is 0 Å². The van der Waals surface area contributed by atoms with Crippen LogP contribution in [-0.2, 0) is 4.79 Å². The quantitative estimate of drug-likeness (QED) is 0.388. The molecule has 1 amide bonds. The Balaban J connectivity index is 1.76. The molecule has 0 aliphatic heterocycles. The fraction of sp³-hybridized carbons (Fsp3) is 0.433. The zero-order valence-electron chi connectivity index (χ0n) is 21.4. The Hall–Kier alpha value is -3.01. The van der Waals surface area contributed by atoms with Gasteiger partial charge in [0.05, 0.1) is 12.9 Å². The van der Waals surface area contributed by atoms with Gasteiger partial charge in [0.2, 0.25) is 5.91 Å². The SMILES string of the molecule is CCOc1c(/C(C)=C/C(=O)NC2CCCCC2C)cc2c(-c3ccc(C)cc3C)coc2c1C. The molecule has 0 spiro atoms. The highest BCUT2D eigenvalue weighted by molar-refractivity contribution is 6.02. The standard InChI is InChI=1S/C30H37NO3/c1-7-33-29-22(6)30-25(26(17-34-30)23-13-12-18(2)14-20(23)4)16-24(29)21(5)15-28(32)31-27-11-9-8-10-19(27)3/h12-17,19,27H,7-11H2,1-6H3,(H,31,32)/b21-15+. The van der Waals surface area contributed by atoms with Crippen molar-refractivity contribution in [1.82, 2.24) is 5.32 Å². The van der Waals surface area contributed by atoms with E-state index >= 15 is 0 Å². The van der Waals surface area contributed by atoms with E-state index in [1.807, 2.05) is 27.0 Å². The van der Waals surface area contributed by atoms with E-state index in [1.54, 1.807) is 6.08 Å². The third-order valence-corrected chi connectivity index (χ3v) is 7.22. The van der Waals surface area contributed by atoms with Crippen molar-refractivity contribution in [3.63, 3.8) is 0 Å². The van der Waals surface area contributed by atoms with Gasteiger partial charge in [-0.2, -0.15) is 0 Å². The summed E-state index contributed by atoms with van der Waals surface area (Å²) in [4.78, 5) is 12.9. The average Bonchev–Trinajstić information content (AvgIpc) is 3.21. The van der Waals surface area contributed by atoms with Gasteiger partial charge in [-0.15, -0.1) is 0 Å². The second-order valence-electron chi connectivity index (χ2n) is 9.86. The molecule has 34 heavy (non-hydrogen) atoms. The zero-order chi connectivity index (χ0) is 24.4. The Morgan fingerprint density at radius 3 is 2.62 bits per heavy atom. The van der Waals surface area contributed by atoms with Gasteiger partial charge in [0.15, 0.2) is 0 Å². The number of rotatable bonds is 6. The molecule has 0 bridgehead atoms. The van der Waals surface area contributed by atoms with Gasteiger partial charge >= 0.3 is 0 Å². The fourth-order valence-corrected chi connectivity index (χ4v) is 5.29. The molecule has 3 aromatic rings. The van der Waals surface area contributed by atoms with Gasteiger partial charge in [-0.1, -0.05) is 43.5 Å². The molecule has 4 heteroatoms. The average molecular weight is 460 g/mol. The number of carbonyl (C=O) groups is 1. The van der Waals surface area contributed by atoms with Crippen molar-refractivity contribution >= 4 is 22.4 Å². The molecule has 1 aromatic heterocycles. The fourth-order valence-electron chi connectivity index (χ4n) is 5.29. The lowest BCUT2D eigenvalue weighted by Crippen LogP contribution is -2.40. The third kappa shape index (κ3) is 4.77. The first kappa shape index (κ1) is 24.1. The van der Waals surface area contributed by atoms with Crippen molar-refractivity contribution in [3.8, 4) is 16.9 Å². The van der Waals surface area contributed by atoms with E-state index in [-0.39, 0.29) is 11.9 Å². The van der Waals surface area contributed by atoms with Crippen LogP contribution in [0.25, 0.3) is 27.7 Å². The molecule has 0 saturated heterocycles. The van der Waals surface area contributed by atoms with Gasteiger partial charge in [-0.3, -0.25) is 4.79 Å². The van der Waals surface area contributed by atoms with E-state index in [4.69, 9.17) is 9.15 Å². The van der Waals surface area contributed by atoms with Gasteiger partial charge in [0.1, 0.15) is 11.3 Å². The van der Waals surface area contributed by atoms with Crippen LogP contribution in [0.1, 0.15) is 68.7 Å². The van der Waals surface area contributed by atoms with Crippen LogP contribution in [0.5, 0.6) is 5.75 Å². The minimum absolute atomic E-state index is 0.0294. The number of benzene rings is 2. The Labute approximate surface area is 203 Å². The van der Waals surface area contributed by atoms with Crippen LogP contribution in [0.4, 0.5) is 0 Å². The summed E-state index contributed by atoms with van der Waals surface area (Å²) in [6.07, 6.45) is 8.24. The maximum absolute atomic E-state index is 12.9. The van der Waals surface area contributed by atoms with Crippen LogP contribution in [0, 0.1) is 26.7 Å². The van der Waals surface area contributed by atoms with Gasteiger partial charge in [0, 0.05) is 34.2 Å². The molecule has 4 nitrogen and oxygen atoms in total. The summed E-state index contributed by atoms with van der Waals surface area (Å²) in [5.41, 5.74) is 8.28. The number of hydrogen-bond donors (Lipinski definition) is 1. The second-order valence-corrected chi connectivity index (χ2v) is 9.86. The van der Waals surface area contributed by atoms with E-state index in [1.165, 1.54) is 30.4 Å². The van der Waals surface area contributed by atoms with Crippen LogP contribution in [-0.4, -0.2) is 18.6 Å². The molecule has 1 fully saturated rings. The molecule has 1 heterocycles. The molecule has 1 saturated carbocycles. The maximum Gasteiger partial charge on any atom is 0.244 e. The monoisotopic (exact) mass is 459 g/mol. The second kappa shape index (κ2) is 10.1. The number of allylic oxidation sites excluding steroid dienone is 1. The number of amides is 1. The molecular weight excluding hydrogens is 422 g/mol. The molecule has 2 unspecified atom stereocenters. The molecule has 180 valence electrons. The summed E-state index contributed by atoms with van der Waals surface area (Å²) in [5, 5.41) is 4.28. The molecule has 4 rings (SSSR count). The molecule has 1 aliphatic rings. The van der Waals surface area contributed by atoms with Gasteiger partial charge in [0.25, 0.3) is 0 Å². The predicted octanol–water partition coefficient (Wildman–Crippen LogP) is 7.52. The lowest BCUT2D eigenvalue weighted by atomic mass is 9.86. The Morgan fingerprint density at radius 1 is 1.15 bits per heavy atom. The van der Waals surface area contributed by atoms with E-state index in [0.29, 0.717) is 12.5 Å². The maximum atomic E-state index is 12.9. The largest absolute Gasteiger partial charge is 0.493 e. The number of aryl methyl sites for hydroxylation is 3.